The van der Waals surface area contributed by atoms with E-state index in [-0.39, 0.29) is 17.0 Å². The lowest BCUT2D eigenvalue weighted by atomic mass is 9.65. The zero-order valence-electron chi connectivity index (χ0n) is 13.8. The van der Waals surface area contributed by atoms with Gasteiger partial charge in [-0.3, -0.25) is 4.79 Å². The number of allylic oxidation sites excluding steroid dienone is 1. The van der Waals surface area contributed by atoms with E-state index >= 15 is 0 Å². The van der Waals surface area contributed by atoms with Gasteiger partial charge in [0.05, 0.1) is 0 Å². The predicted octanol–water partition coefficient (Wildman–Crippen LogP) is 3.95. The maximum absolute atomic E-state index is 12.7. The molecule has 5 nitrogen and oxygen atoms in total. The smallest absolute Gasteiger partial charge is 0.352 e. The highest BCUT2D eigenvalue weighted by molar-refractivity contribution is 5.99. The van der Waals surface area contributed by atoms with Crippen molar-refractivity contribution in [1.82, 2.24) is 4.57 Å². The highest BCUT2D eigenvalue weighted by Gasteiger charge is 2.43. The van der Waals surface area contributed by atoms with Gasteiger partial charge in [0.2, 0.25) is 5.91 Å². The molecule has 1 saturated carbocycles. The molecule has 1 amide bonds. The second-order valence-electron chi connectivity index (χ2n) is 6.58. The van der Waals surface area contributed by atoms with Gasteiger partial charge < -0.3 is 15.0 Å². The van der Waals surface area contributed by atoms with Crippen LogP contribution in [0, 0.1) is 5.41 Å². The lowest BCUT2D eigenvalue weighted by Gasteiger charge is -2.40. The fourth-order valence-corrected chi connectivity index (χ4v) is 3.47. The van der Waals surface area contributed by atoms with Crippen LogP contribution in [0.15, 0.2) is 36.9 Å². The minimum absolute atomic E-state index is 0.0596. The van der Waals surface area contributed by atoms with Crippen LogP contribution in [0.4, 0.5) is 5.69 Å². The molecule has 0 spiro atoms. The molecule has 0 bridgehead atoms. The van der Waals surface area contributed by atoms with E-state index in [9.17, 15) is 14.7 Å². The van der Waals surface area contributed by atoms with Crippen LogP contribution in [0.2, 0.25) is 0 Å². The largest absolute Gasteiger partial charge is 0.477 e. The molecule has 2 aromatic rings. The second-order valence-corrected chi connectivity index (χ2v) is 6.58. The third-order valence-corrected chi connectivity index (χ3v) is 5.14. The maximum atomic E-state index is 12.7. The minimum atomic E-state index is -0.961. The van der Waals surface area contributed by atoms with E-state index < -0.39 is 5.97 Å². The van der Waals surface area contributed by atoms with Gasteiger partial charge in [0.1, 0.15) is 5.69 Å². The monoisotopic (exact) mass is 326 g/mol. The van der Waals surface area contributed by atoms with E-state index in [1.165, 1.54) is 0 Å². The highest BCUT2D eigenvalue weighted by Crippen LogP contribution is 2.45. The van der Waals surface area contributed by atoms with E-state index in [0.29, 0.717) is 5.69 Å². The lowest BCUT2D eigenvalue weighted by molar-refractivity contribution is -0.130. The van der Waals surface area contributed by atoms with Crippen LogP contribution in [0.3, 0.4) is 0 Å². The summed E-state index contributed by atoms with van der Waals surface area (Å²) in [6, 6.07) is 7.13. The SMILES string of the molecule is C=CCCC1(C(=O)Nc2ccc3c(c2)cc(C(=O)O)n3C)CCC1. The average molecular weight is 326 g/mol. The number of carbonyl (C=O) groups is 2. The standard InChI is InChI=1S/C19H22N2O3/c1-3-4-8-19(9-5-10-19)18(24)20-14-6-7-15-13(11-14)12-16(17(22)23)21(15)2/h3,6-7,11-12H,1,4-5,8-10H2,2H3,(H,20,24)(H,22,23). The van der Waals surface area contributed by atoms with E-state index in [1.807, 2.05) is 24.3 Å². The van der Waals surface area contributed by atoms with Crippen molar-refractivity contribution in [2.45, 2.75) is 32.1 Å². The van der Waals surface area contributed by atoms with Crippen molar-refractivity contribution >= 4 is 28.5 Å². The zero-order chi connectivity index (χ0) is 17.3. The van der Waals surface area contributed by atoms with Gasteiger partial charge in [-0.25, -0.2) is 4.79 Å². The van der Waals surface area contributed by atoms with Gasteiger partial charge in [0, 0.05) is 29.1 Å². The number of aryl methyl sites for hydroxylation is 1. The maximum Gasteiger partial charge on any atom is 0.352 e. The Morgan fingerprint density at radius 3 is 2.71 bits per heavy atom. The number of nitrogens with zero attached hydrogens (tertiary/aromatic N) is 1. The summed E-state index contributed by atoms with van der Waals surface area (Å²) in [5, 5.41) is 13.0. The quantitative estimate of drug-likeness (QED) is 0.790. The molecule has 1 fully saturated rings. The molecule has 0 atom stereocenters. The number of carboxylic acid groups (broad SMARTS) is 1. The Balaban J connectivity index is 1.83. The number of nitrogens with one attached hydrogen (secondary N) is 1. The zero-order valence-corrected chi connectivity index (χ0v) is 13.8. The van der Waals surface area contributed by atoms with Crippen molar-refractivity contribution in [3.63, 3.8) is 0 Å². The summed E-state index contributed by atoms with van der Waals surface area (Å²) in [5.41, 5.74) is 1.50. The van der Waals surface area contributed by atoms with Crippen molar-refractivity contribution in [3.05, 3.63) is 42.6 Å². The molecule has 0 aliphatic heterocycles. The number of aromatic carboxylic acids is 1. The molecule has 126 valence electrons. The van der Waals surface area contributed by atoms with Gasteiger partial charge in [-0.15, -0.1) is 6.58 Å². The molecule has 24 heavy (non-hydrogen) atoms. The molecule has 0 unspecified atom stereocenters. The molecule has 0 saturated heterocycles. The molecule has 1 heterocycles. The summed E-state index contributed by atoms with van der Waals surface area (Å²) in [5.74, 6) is -0.901. The number of rotatable bonds is 6. The van der Waals surface area contributed by atoms with E-state index in [1.54, 1.807) is 17.7 Å². The van der Waals surface area contributed by atoms with Gasteiger partial charge >= 0.3 is 5.97 Å². The molecule has 1 aromatic carbocycles. The summed E-state index contributed by atoms with van der Waals surface area (Å²) in [6.45, 7) is 3.74. The van der Waals surface area contributed by atoms with Gasteiger partial charge in [0.15, 0.2) is 0 Å². The summed E-state index contributed by atoms with van der Waals surface area (Å²) >= 11 is 0. The molecule has 2 N–H and O–H groups in total. The Hall–Kier alpha value is -2.56. The number of carboxylic acids is 1. The number of fused-ring (bicyclic) bond motifs is 1. The number of hydrogen-bond donors (Lipinski definition) is 2. The predicted molar refractivity (Wildman–Crippen MR) is 94.2 cm³/mol. The van der Waals surface area contributed by atoms with Gasteiger partial charge in [0.25, 0.3) is 0 Å². The van der Waals surface area contributed by atoms with Gasteiger partial charge in [-0.1, -0.05) is 12.5 Å². The van der Waals surface area contributed by atoms with Crippen LogP contribution in [-0.2, 0) is 11.8 Å². The molecular formula is C19H22N2O3. The summed E-state index contributed by atoms with van der Waals surface area (Å²) < 4.78 is 1.64. The van der Waals surface area contributed by atoms with Crippen molar-refractivity contribution in [1.29, 1.82) is 0 Å². The van der Waals surface area contributed by atoms with Crippen molar-refractivity contribution in [3.8, 4) is 0 Å². The van der Waals surface area contributed by atoms with Crippen LogP contribution in [-0.4, -0.2) is 21.6 Å². The topological polar surface area (TPSA) is 71.3 Å². The number of carbonyl (C=O) groups excluding carboxylic acids is 1. The molecule has 3 rings (SSSR count). The van der Waals surface area contributed by atoms with Crippen LogP contribution >= 0.6 is 0 Å². The third-order valence-electron chi connectivity index (χ3n) is 5.14. The number of hydrogen-bond acceptors (Lipinski definition) is 2. The van der Waals surface area contributed by atoms with Crippen molar-refractivity contribution in [2.75, 3.05) is 5.32 Å². The molecule has 1 aliphatic carbocycles. The second kappa shape index (κ2) is 6.15. The average Bonchev–Trinajstić information content (AvgIpc) is 2.83. The highest BCUT2D eigenvalue weighted by atomic mass is 16.4. The van der Waals surface area contributed by atoms with Gasteiger partial charge in [-0.05, 0) is 49.9 Å². The van der Waals surface area contributed by atoms with Crippen LogP contribution in [0.5, 0.6) is 0 Å². The van der Waals surface area contributed by atoms with Gasteiger partial charge in [-0.2, -0.15) is 0 Å². The Morgan fingerprint density at radius 2 is 2.12 bits per heavy atom. The fraction of sp³-hybridized carbons (Fsp3) is 0.368. The van der Waals surface area contributed by atoms with E-state index in [4.69, 9.17) is 0 Å². The molecule has 0 radical (unpaired) electrons. The molecule has 5 heteroatoms. The first-order valence-corrected chi connectivity index (χ1v) is 8.22. The van der Waals surface area contributed by atoms with Crippen LogP contribution < -0.4 is 5.32 Å². The van der Waals surface area contributed by atoms with Crippen LogP contribution in [0.25, 0.3) is 10.9 Å². The summed E-state index contributed by atoms with van der Waals surface area (Å²) in [4.78, 5) is 23.9. The van der Waals surface area contributed by atoms with Crippen molar-refractivity contribution in [2.24, 2.45) is 12.5 Å². The number of benzene rings is 1. The fourth-order valence-electron chi connectivity index (χ4n) is 3.47. The Labute approximate surface area is 141 Å². The molecule has 1 aliphatic rings. The van der Waals surface area contributed by atoms with Crippen LogP contribution in [0.1, 0.15) is 42.6 Å². The first-order valence-electron chi connectivity index (χ1n) is 8.22. The van der Waals surface area contributed by atoms with E-state index in [0.717, 1.165) is 43.0 Å². The normalized spacial score (nSPS) is 15.7. The Morgan fingerprint density at radius 1 is 1.38 bits per heavy atom. The minimum Gasteiger partial charge on any atom is -0.477 e. The molecule has 1 aromatic heterocycles. The Kier molecular flexibility index (Phi) is 4.18. The van der Waals surface area contributed by atoms with E-state index in [2.05, 4.69) is 11.9 Å². The summed E-state index contributed by atoms with van der Waals surface area (Å²) in [6.07, 6.45) is 6.46. The lowest BCUT2D eigenvalue weighted by Crippen LogP contribution is -2.41. The number of anilines is 1. The number of aromatic nitrogens is 1. The Bertz CT molecular complexity index is 815. The summed E-state index contributed by atoms with van der Waals surface area (Å²) in [7, 11) is 1.72. The number of amides is 1. The first-order chi connectivity index (χ1) is 11.5. The first kappa shape index (κ1) is 16.3. The van der Waals surface area contributed by atoms with Crippen molar-refractivity contribution < 1.29 is 14.7 Å². The molecular weight excluding hydrogens is 304 g/mol. The third kappa shape index (κ3) is 2.70.